The van der Waals surface area contributed by atoms with Crippen LogP contribution in [0.25, 0.3) is 0 Å². The van der Waals surface area contributed by atoms with Crippen LogP contribution in [-0.2, 0) is 4.79 Å². The molecular formula is C10H8F3NO2. The Kier molecular flexibility index (Phi) is 3.65. The monoisotopic (exact) mass is 231 g/mol. The van der Waals surface area contributed by atoms with Crippen LogP contribution < -0.4 is 5.32 Å². The predicted octanol–water partition coefficient (Wildman–Crippen LogP) is 2.39. The lowest BCUT2D eigenvalue weighted by Crippen LogP contribution is -2.21. The van der Waals surface area contributed by atoms with Crippen LogP contribution in [-0.4, -0.2) is 18.4 Å². The third kappa shape index (κ3) is 4.12. The quantitative estimate of drug-likeness (QED) is 0.812. The standard InChI is InChI=1S/C10H8F3NO2/c11-10(12,13)5-9(16)14-8-3-1-7(6-15)2-4-8/h1-4,6H,5H2,(H,14,16). The highest BCUT2D eigenvalue weighted by atomic mass is 19.4. The zero-order valence-electron chi connectivity index (χ0n) is 8.04. The van der Waals surface area contributed by atoms with Gasteiger partial charge in [-0.15, -0.1) is 0 Å². The van der Waals surface area contributed by atoms with Crippen molar-refractivity contribution < 1.29 is 22.8 Å². The van der Waals surface area contributed by atoms with Gasteiger partial charge in [-0.1, -0.05) is 0 Å². The van der Waals surface area contributed by atoms with E-state index < -0.39 is 18.5 Å². The number of aldehydes is 1. The summed E-state index contributed by atoms with van der Waals surface area (Å²) in [4.78, 5) is 21.2. The van der Waals surface area contributed by atoms with Crippen LogP contribution in [0, 0.1) is 0 Å². The minimum atomic E-state index is -4.52. The van der Waals surface area contributed by atoms with Crippen molar-refractivity contribution in [1.29, 1.82) is 0 Å². The number of halogens is 3. The van der Waals surface area contributed by atoms with Gasteiger partial charge in [-0.3, -0.25) is 9.59 Å². The van der Waals surface area contributed by atoms with Crippen LogP contribution >= 0.6 is 0 Å². The molecule has 1 aromatic rings. The fraction of sp³-hybridized carbons (Fsp3) is 0.200. The fourth-order valence-corrected chi connectivity index (χ4v) is 1.03. The van der Waals surface area contributed by atoms with Gasteiger partial charge in [0, 0.05) is 11.3 Å². The van der Waals surface area contributed by atoms with E-state index >= 15 is 0 Å². The second-order valence-corrected chi connectivity index (χ2v) is 3.08. The number of hydrogen-bond donors (Lipinski definition) is 1. The first kappa shape index (κ1) is 12.2. The van der Waals surface area contributed by atoms with E-state index in [1.807, 2.05) is 0 Å². The molecule has 0 radical (unpaired) electrons. The number of carbonyl (C=O) groups excluding carboxylic acids is 2. The van der Waals surface area contributed by atoms with Gasteiger partial charge in [-0.25, -0.2) is 0 Å². The first-order valence-corrected chi connectivity index (χ1v) is 4.32. The molecule has 0 saturated heterocycles. The Balaban J connectivity index is 2.59. The first-order valence-electron chi connectivity index (χ1n) is 4.32. The Bertz CT molecular complexity index is 384. The number of anilines is 1. The molecule has 0 unspecified atom stereocenters. The Hall–Kier alpha value is -1.85. The van der Waals surface area contributed by atoms with E-state index in [-0.39, 0.29) is 5.69 Å². The molecule has 0 bridgehead atoms. The van der Waals surface area contributed by atoms with Crippen LogP contribution in [0.4, 0.5) is 18.9 Å². The first-order chi connectivity index (χ1) is 7.40. The van der Waals surface area contributed by atoms with Crippen molar-refractivity contribution in [2.24, 2.45) is 0 Å². The summed E-state index contributed by atoms with van der Waals surface area (Å²) in [5.74, 6) is -1.13. The average Bonchev–Trinajstić information content (AvgIpc) is 2.16. The summed E-state index contributed by atoms with van der Waals surface area (Å²) in [6.45, 7) is 0. The molecule has 1 aromatic carbocycles. The molecule has 86 valence electrons. The van der Waals surface area contributed by atoms with E-state index in [1.54, 1.807) is 0 Å². The van der Waals surface area contributed by atoms with E-state index in [0.717, 1.165) is 0 Å². The summed E-state index contributed by atoms with van der Waals surface area (Å²) in [7, 11) is 0. The molecule has 1 N–H and O–H groups in total. The second kappa shape index (κ2) is 4.78. The highest BCUT2D eigenvalue weighted by Crippen LogP contribution is 2.20. The van der Waals surface area contributed by atoms with Gasteiger partial charge in [0.25, 0.3) is 0 Å². The second-order valence-electron chi connectivity index (χ2n) is 3.08. The van der Waals surface area contributed by atoms with Gasteiger partial charge in [-0.2, -0.15) is 13.2 Å². The van der Waals surface area contributed by atoms with Crippen LogP contribution in [0.3, 0.4) is 0 Å². The van der Waals surface area contributed by atoms with Crippen LogP contribution in [0.2, 0.25) is 0 Å². The van der Waals surface area contributed by atoms with Crippen molar-refractivity contribution >= 4 is 17.9 Å². The molecule has 0 saturated carbocycles. The van der Waals surface area contributed by atoms with Gasteiger partial charge >= 0.3 is 6.18 Å². The molecule has 0 atom stereocenters. The molecule has 0 aliphatic carbocycles. The summed E-state index contributed by atoms with van der Waals surface area (Å²) in [6.07, 6.45) is -5.45. The zero-order valence-corrected chi connectivity index (χ0v) is 8.04. The fourth-order valence-electron chi connectivity index (χ4n) is 1.03. The van der Waals surface area contributed by atoms with Crippen molar-refractivity contribution in [3.63, 3.8) is 0 Å². The highest BCUT2D eigenvalue weighted by Gasteiger charge is 2.31. The van der Waals surface area contributed by atoms with Gasteiger partial charge in [-0.05, 0) is 24.3 Å². The number of carbonyl (C=O) groups is 2. The Morgan fingerprint density at radius 3 is 2.25 bits per heavy atom. The lowest BCUT2D eigenvalue weighted by atomic mass is 10.2. The Morgan fingerprint density at radius 1 is 1.25 bits per heavy atom. The summed E-state index contributed by atoms with van der Waals surface area (Å²) in [5.41, 5.74) is 0.605. The lowest BCUT2D eigenvalue weighted by molar-refractivity contribution is -0.150. The number of benzene rings is 1. The maximum Gasteiger partial charge on any atom is 0.397 e. The van der Waals surface area contributed by atoms with Gasteiger partial charge < -0.3 is 5.32 Å². The Morgan fingerprint density at radius 2 is 1.81 bits per heavy atom. The molecular weight excluding hydrogens is 223 g/mol. The predicted molar refractivity (Wildman–Crippen MR) is 51.1 cm³/mol. The number of amides is 1. The van der Waals surface area contributed by atoms with Gasteiger partial charge in [0.15, 0.2) is 0 Å². The molecule has 0 aromatic heterocycles. The minimum Gasteiger partial charge on any atom is -0.326 e. The smallest absolute Gasteiger partial charge is 0.326 e. The molecule has 0 heterocycles. The van der Waals surface area contributed by atoms with Gasteiger partial charge in [0.05, 0.1) is 0 Å². The molecule has 6 heteroatoms. The molecule has 0 aliphatic heterocycles. The van der Waals surface area contributed by atoms with Crippen molar-refractivity contribution in [3.8, 4) is 0 Å². The average molecular weight is 231 g/mol. The highest BCUT2D eigenvalue weighted by molar-refractivity contribution is 5.91. The summed E-state index contributed by atoms with van der Waals surface area (Å²) < 4.78 is 35.5. The van der Waals surface area contributed by atoms with Crippen molar-refractivity contribution in [1.82, 2.24) is 0 Å². The summed E-state index contributed by atoms with van der Waals surface area (Å²) >= 11 is 0. The normalized spacial score (nSPS) is 10.9. The summed E-state index contributed by atoms with van der Waals surface area (Å²) in [6, 6.07) is 5.52. The topological polar surface area (TPSA) is 46.2 Å². The molecule has 1 amide bonds. The van der Waals surface area contributed by atoms with Crippen molar-refractivity contribution in [2.45, 2.75) is 12.6 Å². The van der Waals surface area contributed by atoms with E-state index in [4.69, 9.17) is 0 Å². The van der Waals surface area contributed by atoms with E-state index in [2.05, 4.69) is 5.32 Å². The molecule has 16 heavy (non-hydrogen) atoms. The molecule has 0 fully saturated rings. The third-order valence-corrected chi connectivity index (χ3v) is 1.69. The summed E-state index contributed by atoms with van der Waals surface area (Å²) in [5, 5.41) is 2.07. The number of nitrogens with one attached hydrogen (secondary N) is 1. The van der Waals surface area contributed by atoms with Gasteiger partial charge in [0.2, 0.25) is 5.91 Å². The van der Waals surface area contributed by atoms with E-state index in [1.165, 1.54) is 24.3 Å². The number of hydrogen-bond acceptors (Lipinski definition) is 2. The van der Waals surface area contributed by atoms with Crippen molar-refractivity contribution in [2.75, 3.05) is 5.32 Å². The number of alkyl halides is 3. The van der Waals surface area contributed by atoms with Gasteiger partial charge in [0.1, 0.15) is 12.7 Å². The van der Waals surface area contributed by atoms with E-state index in [0.29, 0.717) is 11.8 Å². The van der Waals surface area contributed by atoms with Crippen LogP contribution in [0.5, 0.6) is 0 Å². The molecule has 1 rings (SSSR count). The maximum atomic E-state index is 11.8. The van der Waals surface area contributed by atoms with Crippen LogP contribution in [0.1, 0.15) is 16.8 Å². The molecule has 3 nitrogen and oxygen atoms in total. The number of rotatable bonds is 3. The van der Waals surface area contributed by atoms with Crippen LogP contribution in [0.15, 0.2) is 24.3 Å². The molecule has 0 spiro atoms. The lowest BCUT2D eigenvalue weighted by Gasteiger charge is -2.07. The molecule has 0 aliphatic rings. The third-order valence-electron chi connectivity index (χ3n) is 1.69. The van der Waals surface area contributed by atoms with Crippen molar-refractivity contribution in [3.05, 3.63) is 29.8 Å². The SMILES string of the molecule is O=Cc1ccc(NC(=O)CC(F)(F)F)cc1. The Labute approximate surface area is 89.3 Å². The zero-order chi connectivity index (χ0) is 12.2. The minimum absolute atomic E-state index is 0.222. The largest absolute Gasteiger partial charge is 0.397 e. The van der Waals surface area contributed by atoms with E-state index in [9.17, 15) is 22.8 Å². The maximum absolute atomic E-state index is 11.8.